The monoisotopic (exact) mass is 896 g/mol. The molecule has 356 valence electrons. The van der Waals surface area contributed by atoms with Gasteiger partial charge in [-0.15, -0.1) is 0 Å². The fraction of sp³-hybridized carbons (Fsp3) is 0.585. The lowest BCUT2D eigenvalue weighted by Crippen LogP contribution is -2.29. The Morgan fingerprint density at radius 1 is 0.492 bits per heavy atom. The summed E-state index contributed by atoms with van der Waals surface area (Å²) in [6.45, 7) is 3.51. The second kappa shape index (κ2) is 47.9. The molecule has 0 rings (SSSR count). The summed E-state index contributed by atoms with van der Waals surface area (Å²) in [5, 5.41) is 0. The Morgan fingerprint density at radius 3 is 1.30 bits per heavy atom. The summed E-state index contributed by atoms with van der Waals surface area (Å²) in [6, 6.07) is 0. The van der Waals surface area contributed by atoms with Crippen molar-refractivity contribution in [3.8, 4) is 0 Å². The van der Waals surface area contributed by atoms with Crippen molar-refractivity contribution >= 4 is 19.8 Å². The average Bonchev–Trinajstić information content (AvgIpc) is 3.27. The zero-order valence-corrected chi connectivity index (χ0v) is 40.1. The van der Waals surface area contributed by atoms with Gasteiger partial charge in [0.1, 0.15) is 6.61 Å². The van der Waals surface area contributed by atoms with E-state index in [2.05, 4.69) is 135 Å². The van der Waals surface area contributed by atoms with Crippen LogP contribution >= 0.6 is 7.82 Å². The van der Waals surface area contributed by atoms with Crippen LogP contribution in [0, 0.1) is 0 Å². The molecule has 0 saturated heterocycles. The van der Waals surface area contributed by atoms with Crippen LogP contribution in [0.4, 0.5) is 0 Å². The van der Waals surface area contributed by atoms with Crippen LogP contribution in [-0.4, -0.2) is 49.3 Å². The van der Waals surface area contributed by atoms with Crippen molar-refractivity contribution in [3.05, 3.63) is 122 Å². The summed E-state index contributed by atoms with van der Waals surface area (Å²) in [7, 11) is -4.39. The molecular weight excluding hydrogens is 810 g/mol. The zero-order chi connectivity index (χ0) is 46.0. The molecule has 0 bridgehead atoms. The van der Waals surface area contributed by atoms with E-state index in [1.54, 1.807) is 0 Å². The van der Waals surface area contributed by atoms with Gasteiger partial charge in [0.05, 0.1) is 13.2 Å². The van der Waals surface area contributed by atoms with Gasteiger partial charge in [0.2, 0.25) is 0 Å². The number of ether oxygens (including phenoxy) is 2. The minimum absolute atomic E-state index is 0.0403. The van der Waals surface area contributed by atoms with Gasteiger partial charge in [-0.3, -0.25) is 18.6 Å². The first-order valence-corrected chi connectivity index (χ1v) is 25.5. The van der Waals surface area contributed by atoms with Crippen LogP contribution in [-0.2, 0) is 32.7 Å². The van der Waals surface area contributed by atoms with Crippen LogP contribution in [0.1, 0.15) is 168 Å². The van der Waals surface area contributed by atoms with Crippen LogP contribution < -0.4 is 5.73 Å². The summed E-state index contributed by atoms with van der Waals surface area (Å²) in [5.41, 5.74) is 5.34. The van der Waals surface area contributed by atoms with Gasteiger partial charge in [0.25, 0.3) is 0 Å². The van der Waals surface area contributed by atoms with Crippen molar-refractivity contribution in [3.63, 3.8) is 0 Å². The highest BCUT2D eigenvalue weighted by Crippen LogP contribution is 2.43. The summed E-state index contributed by atoms with van der Waals surface area (Å²) in [4.78, 5) is 34.8. The number of nitrogens with two attached hydrogens (primary N) is 1. The van der Waals surface area contributed by atoms with Crippen LogP contribution in [0.2, 0.25) is 0 Å². The molecule has 0 aliphatic rings. The van der Waals surface area contributed by atoms with E-state index in [1.165, 1.54) is 38.5 Å². The predicted molar refractivity (Wildman–Crippen MR) is 265 cm³/mol. The molecule has 3 N–H and O–H groups in total. The number of rotatable bonds is 43. The number of unbranched alkanes of at least 4 members (excludes halogenated alkanes) is 10. The highest BCUT2D eigenvalue weighted by Gasteiger charge is 2.26. The Kier molecular flexibility index (Phi) is 45.2. The van der Waals surface area contributed by atoms with Crippen LogP contribution in [0.15, 0.2) is 122 Å². The fourth-order valence-corrected chi connectivity index (χ4v) is 6.60. The lowest BCUT2D eigenvalue weighted by atomic mass is 10.1. The molecule has 63 heavy (non-hydrogen) atoms. The van der Waals surface area contributed by atoms with E-state index in [0.717, 1.165) is 96.3 Å². The minimum Gasteiger partial charge on any atom is -0.462 e. The van der Waals surface area contributed by atoms with Gasteiger partial charge >= 0.3 is 19.8 Å². The molecule has 10 heteroatoms. The normalized spacial score (nSPS) is 14.3. The van der Waals surface area contributed by atoms with E-state index < -0.39 is 32.5 Å². The molecule has 0 aromatic carbocycles. The second-order valence-electron chi connectivity index (χ2n) is 15.2. The van der Waals surface area contributed by atoms with Crippen molar-refractivity contribution in [2.24, 2.45) is 5.73 Å². The quantitative estimate of drug-likeness (QED) is 0.0265. The zero-order valence-electron chi connectivity index (χ0n) is 39.3. The van der Waals surface area contributed by atoms with Gasteiger partial charge in [-0.25, -0.2) is 4.57 Å². The summed E-state index contributed by atoms with van der Waals surface area (Å²) in [5.74, 6) is -0.894. The van der Waals surface area contributed by atoms with Crippen LogP contribution in [0.5, 0.6) is 0 Å². The molecule has 0 fully saturated rings. The molecule has 0 aliphatic heterocycles. The number of hydrogen-bond donors (Lipinski definition) is 2. The molecule has 0 aromatic rings. The van der Waals surface area contributed by atoms with E-state index in [-0.39, 0.29) is 32.6 Å². The van der Waals surface area contributed by atoms with E-state index in [1.807, 2.05) is 0 Å². The van der Waals surface area contributed by atoms with Gasteiger partial charge in [0.15, 0.2) is 6.10 Å². The van der Waals surface area contributed by atoms with Crippen molar-refractivity contribution in [2.75, 3.05) is 26.4 Å². The van der Waals surface area contributed by atoms with E-state index in [9.17, 15) is 19.0 Å². The number of esters is 2. The van der Waals surface area contributed by atoms with Crippen molar-refractivity contribution in [1.29, 1.82) is 0 Å². The van der Waals surface area contributed by atoms with Crippen molar-refractivity contribution in [2.45, 2.75) is 174 Å². The molecular formula is C53H86NO8P. The fourth-order valence-electron chi connectivity index (χ4n) is 5.84. The molecule has 0 aliphatic carbocycles. The maximum Gasteiger partial charge on any atom is 0.472 e. The molecule has 2 atom stereocenters. The number of allylic oxidation sites excluding steroid dienone is 20. The highest BCUT2D eigenvalue weighted by atomic mass is 31.2. The Labute approximate surface area is 383 Å². The topological polar surface area (TPSA) is 134 Å². The van der Waals surface area contributed by atoms with Gasteiger partial charge < -0.3 is 20.1 Å². The smallest absolute Gasteiger partial charge is 0.462 e. The molecule has 0 aromatic heterocycles. The standard InChI is InChI=1S/C53H86NO8P/c1-3-5-7-9-11-13-14-15-16-17-18-19-20-21-22-23-24-25-26-27-28-29-30-31-32-33-34-35-36-38-40-42-44-46-53(56)62-51(50-61-63(57,58)60-48-47-54)49-59-52(55)45-43-41-39-37-12-10-8-6-4-2/h5,7,11,13,15-16,18-19,21-22,24-25,27-28,30-31,33-34,36,38,51H,3-4,6,8-10,12,14,17,20,23,26,29,32,35,37,39-50,54H2,1-2H3,(H,57,58)/b7-5-,13-11-,16-15-,19-18-,22-21-,25-24-,28-27-,31-30-,34-33-,38-36-. The van der Waals surface area contributed by atoms with Crippen molar-refractivity contribution < 1.29 is 37.6 Å². The lowest BCUT2D eigenvalue weighted by molar-refractivity contribution is -0.161. The number of carbonyl (C=O) groups excluding carboxylic acids is 2. The van der Waals surface area contributed by atoms with Crippen LogP contribution in [0.25, 0.3) is 0 Å². The van der Waals surface area contributed by atoms with Gasteiger partial charge in [-0.05, 0) is 89.9 Å². The van der Waals surface area contributed by atoms with Gasteiger partial charge in [-0.1, -0.05) is 187 Å². The molecule has 0 saturated carbocycles. The Morgan fingerprint density at radius 2 is 0.873 bits per heavy atom. The van der Waals surface area contributed by atoms with Crippen molar-refractivity contribution in [1.82, 2.24) is 0 Å². The third kappa shape index (κ3) is 47.7. The number of phosphoric ester groups is 1. The number of carbonyl (C=O) groups is 2. The number of hydrogen-bond acceptors (Lipinski definition) is 8. The van der Waals surface area contributed by atoms with Gasteiger partial charge in [0, 0.05) is 19.4 Å². The first-order valence-electron chi connectivity index (χ1n) is 24.0. The maximum absolute atomic E-state index is 12.6. The summed E-state index contributed by atoms with van der Waals surface area (Å²) < 4.78 is 32.7. The molecule has 9 nitrogen and oxygen atoms in total. The minimum atomic E-state index is -4.39. The summed E-state index contributed by atoms with van der Waals surface area (Å²) >= 11 is 0. The highest BCUT2D eigenvalue weighted by molar-refractivity contribution is 7.47. The third-order valence-electron chi connectivity index (χ3n) is 9.36. The Balaban J connectivity index is 4.14. The first kappa shape index (κ1) is 59.4. The van der Waals surface area contributed by atoms with E-state index >= 15 is 0 Å². The SMILES string of the molecule is CC/C=C\C/C=C\C/C=C\C/C=C\C/C=C\C/C=C\C/C=C\C/C=C\C/C=C\C/C=C\CCCCC(=O)OC(COC(=O)CCCCCCCCCCC)COP(=O)(O)OCCN. The predicted octanol–water partition coefficient (Wildman–Crippen LogP) is 14.5. The number of phosphoric acid groups is 1. The van der Waals surface area contributed by atoms with Gasteiger partial charge in [-0.2, -0.15) is 0 Å². The molecule has 0 spiro atoms. The maximum atomic E-state index is 12.6. The molecule has 0 amide bonds. The molecule has 2 unspecified atom stereocenters. The summed E-state index contributed by atoms with van der Waals surface area (Å²) in [6.07, 6.45) is 65.4. The Bertz CT molecular complexity index is 1440. The molecule has 0 heterocycles. The largest absolute Gasteiger partial charge is 0.472 e. The third-order valence-corrected chi connectivity index (χ3v) is 10.3. The van der Waals surface area contributed by atoms with E-state index in [4.69, 9.17) is 24.3 Å². The Hall–Kier alpha value is -3.59. The molecule has 0 radical (unpaired) electrons. The average molecular weight is 896 g/mol. The lowest BCUT2D eigenvalue weighted by Gasteiger charge is -2.19. The van der Waals surface area contributed by atoms with Crippen LogP contribution in [0.3, 0.4) is 0 Å². The van der Waals surface area contributed by atoms with E-state index in [0.29, 0.717) is 6.42 Å². The first-order chi connectivity index (χ1) is 30.8. The second-order valence-corrected chi connectivity index (χ2v) is 16.7.